The molecule has 3 N–H and O–H groups in total. The van der Waals surface area contributed by atoms with Crippen LogP contribution in [0, 0.1) is 0 Å². The van der Waals surface area contributed by atoms with Gasteiger partial charge in [-0.2, -0.15) is 16.7 Å². The molecule has 0 bridgehead atoms. The molecule has 108 valence electrons. The standard InChI is InChI=1S/C14H21N5S/c1-10(8-9-20-3)19(2)13-11-6-4-5-7-12(11)16-14(17-13)18-15/h4-7,10H,8-9,15H2,1-3H3,(H,16,17,18). The second-order valence-corrected chi connectivity index (χ2v) is 5.76. The third-order valence-electron chi connectivity index (χ3n) is 3.45. The molecule has 0 amide bonds. The number of hydrazine groups is 1. The molecule has 5 nitrogen and oxygen atoms in total. The van der Waals surface area contributed by atoms with Gasteiger partial charge in [-0.25, -0.2) is 10.8 Å². The number of hydrogen-bond donors (Lipinski definition) is 2. The van der Waals surface area contributed by atoms with E-state index in [9.17, 15) is 0 Å². The summed E-state index contributed by atoms with van der Waals surface area (Å²) in [6.07, 6.45) is 3.24. The summed E-state index contributed by atoms with van der Waals surface area (Å²) in [5, 5.41) is 1.05. The van der Waals surface area contributed by atoms with Crippen molar-refractivity contribution in [3.05, 3.63) is 24.3 Å². The van der Waals surface area contributed by atoms with Crippen molar-refractivity contribution in [3.8, 4) is 0 Å². The van der Waals surface area contributed by atoms with E-state index in [-0.39, 0.29) is 0 Å². The highest BCUT2D eigenvalue weighted by atomic mass is 32.2. The minimum absolute atomic E-state index is 0.409. The fourth-order valence-electron chi connectivity index (χ4n) is 2.08. The van der Waals surface area contributed by atoms with Gasteiger partial charge in [0.15, 0.2) is 0 Å². The molecule has 2 aromatic rings. The van der Waals surface area contributed by atoms with Crippen molar-refractivity contribution in [2.24, 2.45) is 5.84 Å². The molecule has 0 saturated heterocycles. The Balaban J connectivity index is 2.41. The summed E-state index contributed by atoms with van der Waals surface area (Å²) >= 11 is 1.86. The molecular formula is C14H21N5S. The molecule has 0 saturated carbocycles. The number of hydrogen-bond acceptors (Lipinski definition) is 6. The van der Waals surface area contributed by atoms with E-state index in [2.05, 4.69) is 40.5 Å². The summed E-state index contributed by atoms with van der Waals surface area (Å²) in [6, 6.07) is 8.40. The number of nitrogens with two attached hydrogens (primary N) is 1. The second-order valence-electron chi connectivity index (χ2n) is 4.77. The fourth-order valence-corrected chi connectivity index (χ4v) is 2.66. The Bertz CT molecular complexity index is 574. The molecule has 0 aliphatic heterocycles. The number of fused-ring (bicyclic) bond motifs is 1. The van der Waals surface area contributed by atoms with Gasteiger partial charge in [-0.3, -0.25) is 5.43 Å². The summed E-state index contributed by atoms with van der Waals surface area (Å²) in [4.78, 5) is 11.1. The lowest BCUT2D eigenvalue weighted by atomic mass is 10.2. The van der Waals surface area contributed by atoms with Crippen LogP contribution in [0.5, 0.6) is 0 Å². The van der Waals surface area contributed by atoms with Crippen LogP contribution in [0.25, 0.3) is 10.9 Å². The summed E-state index contributed by atoms with van der Waals surface area (Å²) in [6.45, 7) is 2.21. The van der Waals surface area contributed by atoms with Crippen LogP contribution in [0.3, 0.4) is 0 Å². The van der Waals surface area contributed by atoms with Gasteiger partial charge in [-0.05, 0) is 37.5 Å². The summed E-state index contributed by atoms with van der Waals surface area (Å²) in [7, 11) is 2.07. The average molecular weight is 291 g/mol. The molecule has 1 heterocycles. The predicted molar refractivity (Wildman–Crippen MR) is 88.2 cm³/mol. The third kappa shape index (κ3) is 3.13. The quantitative estimate of drug-likeness (QED) is 0.629. The Hall–Kier alpha value is -1.53. The zero-order chi connectivity index (χ0) is 14.5. The molecule has 0 aliphatic rings. The summed E-state index contributed by atoms with van der Waals surface area (Å²) in [5.74, 6) is 7.97. The number of nitrogen functional groups attached to an aromatic ring is 1. The van der Waals surface area contributed by atoms with Crippen LogP contribution in [0.15, 0.2) is 24.3 Å². The van der Waals surface area contributed by atoms with Gasteiger partial charge in [0, 0.05) is 18.5 Å². The fraction of sp³-hybridized carbons (Fsp3) is 0.429. The van der Waals surface area contributed by atoms with Crippen molar-refractivity contribution in [1.29, 1.82) is 0 Å². The monoisotopic (exact) mass is 291 g/mol. The molecule has 0 aliphatic carbocycles. The topological polar surface area (TPSA) is 67.1 Å². The predicted octanol–water partition coefficient (Wildman–Crippen LogP) is 2.49. The Labute approximate surface area is 123 Å². The lowest BCUT2D eigenvalue weighted by molar-refractivity contribution is 0.664. The molecule has 1 unspecified atom stereocenters. The highest BCUT2D eigenvalue weighted by Gasteiger charge is 2.15. The summed E-state index contributed by atoms with van der Waals surface area (Å²) < 4.78 is 0. The molecule has 0 radical (unpaired) electrons. The van der Waals surface area contributed by atoms with Crippen LogP contribution in [0.1, 0.15) is 13.3 Å². The zero-order valence-corrected chi connectivity index (χ0v) is 12.9. The van der Waals surface area contributed by atoms with Crippen molar-refractivity contribution in [1.82, 2.24) is 9.97 Å². The van der Waals surface area contributed by atoms with Crippen molar-refractivity contribution in [2.75, 3.05) is 29.4 Å². The van der Waals surface area contributed by atoms with Gasteiger partial charge in [0.25, 0.3) is 0 Å². The van der Waals surface area contributed by atoms with Crippen LogP contribution < -0.4 is 16.2 Å². The lowest BCUT2D eigenvalue weighted by Crippen LogP contribution is -2.30. The highest BCUT2D eigenvalue weighted by Crippen LogP contribution is 2.26. The van der Waals surface area contributed by atoms with Gasteiger partial charge in [0.1, 0.15) is 5.82 Å². The average Bonchev–Trinajstić information content (AvgIpc) is 2.50. The van der Waals surface area contributed by atoms with E-state index in [0.717, 1.165) is 28.9 Å². The molecule has 1 aromatic heterocycles. The van der Waals surface area contributed by atoms with Crippen LogP contribution in [-0.4, -0.2) is 35.1 Å². The number of nitrogens with one attached hydrogen (secondary N) is 1. The van der Waals surface area contributed by atoms with Crippen LogP contribution in [0.4, 0.5) is 11.8 Å². The molecule has 6 heteroatoms. The number of aromatic nitrogens is 2. The van der Waals surface area contributed by atoms with E-state index in [4.69, 9.17) is 5.84 Å². The molecule has 20 heavy (non-hydrogen) atoms. The van der Waals surface area contributed by atoms with Crippen LogP contribution in [-0.2, 0) is 0 Å². The zero-order valence-electron chi connectivity index (χ0n) is 12.1. The van der Waals surface area contributed by atoms with Gasteiger partial charge < -0.3 is 4.90 Å². The van der Waals surface area contributed by atoms with E-state index in [1.807, 2.05) is 36.0 Å². The van der Waals surface area contributed by atoms with Crippen molar-refractivity contribution < 1.29 is 0 Å². The van der Waals surface area contributed by atoms with E-state index in [0.29, 0.717) is 12.0 Å². The van der Waals surface area contributed by atoms with Crippen molar-refractivity contribution >= 4 is 34.4 Å². The van der Waals surface area contributed by atoms with Crippen molar-refractivity contribution in [3.63, 3.8) is 0 Å². The molecular weight excluding hydrogens is 270 g/mol. The number of benzene rings is 1. The van der Waals surface area contributed by atoms with Crippen molar-refractivity contribution in [2.45, 2.75) is 19.4 Å². The first-order valence-corrected chi connectivity index (χ1v) is 8.02. The summed E-state index contributed by atoms with van der Waals surface area (Å²) in [5.41, 5.74) is 3.44. The largest absolute Gasteiger partial charge is 0.356 e. The van der Waals surface area contributed by atoms with E-state index in [1.54, 1.807) is 0 Å². The number of nitrogens with zero attached hydrogens (tertiary/aromatic N) is 3. The maximum atomic E-state index is 5.47. The van der Waals surface area contributed by atoms with Gasteiger partial charge in [0.05, 0.1) is 5.52 Å². The first kappa shape index (κ1) is 14.9. The molecule has 1 atom stereocenters. The molecule has 1 aromatic carbocycles. The Morgan fingerprint density at radius 3 is 2.80 bits per heavy atom. The van der Waals surface area contributed by atoms with Gasteiger partial charge in [-0.15, -0.1) is 0 Å². The number of rotatable bonds is 6. The maximum absolute atomic E-state index is 5.47. The minimum Gasteiger partial charge on any atom is -0.356 e. The van der Waals surface area contributed by atoms with E-state index in [1.165, 1.54) is 0 Å². The van der Waals surface area contributed by atoms with E-state index < -0.39 is 0 Å². The molecule has 0 fully saturated rings. The van der Waals surface area contributed by atoms with Crippen LogP contribution in [0.2, 0.25) is 0 Å². The lowest BCUT2D eigenvalue weighted by Gasteiger charge is -2.27. The molecule has 0 spiro atoms. The normalized spacial score (nSPS) is 12.4. The maximum Gasteiger partial charge on any atom is 0.239 e. The number of thioether (sulfide) groups is 1. The van der Waals surface area contributed by atoms with Gasteiger partial charge in [0.2, 0.25) is 5.95 Å². The Kier molecular flexibility index (Phi) is 5.03. The highest BCUT2D eigenvalue weighted by molar-refractivity contribution is 7.98. The molecule has 2 rings (SSSR count). The first-order valence-electron chi connectivity index (χ1n) is 6.62. The minimum atomic E-state index is 0.409. The van der Waals surface area contributed by atoms with Gasteiger partial charge in [-0.1, -0.05) is 12.1 Å². The van der Waals surface area contributed by atoms with Gasteiger partial charge >= 0.3 is 0 Å². The SMILES string of the molecule is CSCCC(C)N(C)c1nc(NN)nc2ccccc12. The Morgan fingerprint density at radius 1 is 1.35 bits per heavy atom. The number of para-hydroxylation sites is 1. The second kappa shape index (κ2) is 6.76. The first-order chi connectivity index (χ1) is 9.67. The van der Waals surface area contributed by atoms with E-state index >= 15 is 0 Å². The number of anilines is 2. The Morgan fingerprint density at radius 2 is 2.10 bits per heavy atom. The third-order valence-corrected chi connectivity index (χ3v) is 4.09. The van der Waals surface area contributed by atoms with Crippen LogP contribution >= 0.6 is 11.8 Å². The smallest absolute Gasteiger partial charge is 0.239 e.